The van der Waals surface area contributed by atoms with Crippen molar-refractivity contribution in [2.45, 2.75) is 6.42 Å². The average Bonchev–Trinajstić information content (AvgIpc) is 3.53. The number of piperazine rings is 1. The Balaban J connectivity index is 1.15. The molecule has 4 heterocycles. The molecular weight excluding hydrogens is 463 g/mol. The van der Waals surface area contributed by atoms with E-state index in [-0.39, 0.29) is 30.0 Å². The van der Waals surface area contributed by atoms with E-state index < -0.39 is 0 Å². The second-order valence-electron chi connectivity index (χ2n) is 8.90. The molecule has 0 bridgehead atoms. The van der Waals surface area contributed by atoms with Crippen molar-refractivity contribution >= 4 is 34.5 Å². The van der Waals surface area contributed by atoms with Crippen LogP contribution >= 0.6 is 0 Å². The second-order valence-corrected chi connectivity index (χ2v) is 8.90. The Hall–Kier alpha value is -4.41. The Morgan fingerprint density at radius 2 is 1.72 bits per heavy atom. The van der Waals surface area contributed by atoms with Crippen LogP contribution in [0.4, 0.5) is 15.9 Å². The normalized spacial score (nSPS) is 18.3. The van der Waals surface area contributed by atoms with Gasteiger partial charge in [-0.05, 0) is 30.3 Å². The third kappa shape index (κ3) is 3.92. The first-order valence-corrected chi connectivity index (χ1v) is 11.8. The number of nitrogens with zero attached hydrogens (tertiary/aromatic N) is 8. The lowest BCUT2D eigenvalue weighted by atomic mass is 10.1. The minimum Gasteiger partial charge on any atom is -0.351 e. The number of carbonyl (C=O) groups excluding carboxylic acids is 2. The minimum atomic E-state index is -0.373. The van der Waals surface area contributed by atoms with E-state index in [1.54, 1.807) is 17.0 Å². The van der Waals surface area contributed by atoms with Gasteiger partial charge in [-0.2, -0.15) is 4.68 Å². The summed E-state index contributed by atoms with van der Waals surface area (Å²) in [5.74, 6) is -0.112. The molecule has 2 aromatic carbocycles. The summed E-state index contributed by atoms with van der Waals surface area (Å²) in [7, 11) is 0. The zero-order chi connectivity index (χ0) is 24.6. The summed E-state index contributed by atoms with van der Waals surface area (Å²) in [4.78, 5) is 40.1. The highest BCUT2D eigenvalue weighted by molar-refractivity contribution is 6.00. The summed E-state index contributed by atoms with van der Waals surface area (Å²) in [5.41, 5.74) is 2.34. The predicted octanol–water partition coefficient (Wildman–Crippen LogP) is 2.05. The van der Waals surface area contributed by atoms with Gasteiger partial charge in [-0.3, -0.25) is 9.59 Å². The molecule has 2 fully saturated rings. The summed E-state index contributed by atoms with van der Waals surface area (Å²) in [5, 5.41) is 8.43. The number of hydrogen-bond acceptors (Lipinski definition) is 7. The maximum absolute atomic E-state index is 13.7. The highest BCUT2D eigenvalue weighted by Crippen LogP contribution is 2.28. The monoisotopic (exact) mass is 486 g/mol. The van der Waals surface area contributed by atoms with Crippen LogP contribution in [0.1, 0.15) is 6.42 Å². The number of benzene rings is 2. The first-order chi connectivity index (χ1) is 17.6. The predicted molar refractivity (Wildman–Crippen MR) is 130 cm³/mol. The summed E-state index contributed by atoms with van der Waals surface area (Å²) in [6.07, 6.45) is 1.67. The van der Waals surface area contributed by atoms with E-state index in [0.29, 0.717) is 55.4 Å². The van der Waals surface area contributed by atoms with Crippen LogP contribution < -0.4 is 9.80 Å². The fourth-order valence-electron chi connectivity index (χ4n) is 4.88. The van der Waals surface area contributed by atoms with Crippen molar-refractivity contribution in [3.05, 3.63) is 66.7 Å². The molecule has 0 saturated carbocycles. The Morgan fingerprint density at radius 1 is 0.944 bits per heavy atom. The molecule has 0 unspecified atom stereocenters. The SMILES string of the molecule is O=C([C@@H]1CC(=O)N(c2ccccc2)C1)N1CCN(c2ncnc3c2nnn3-c2cccc(F)c2)CC1. The molecule has 0 aliphatic carbocycles. The zero-order valence-corrected chi connectivity index (χ0v) is 19.4. The summed E-state index contributed by atoms with van der Waals surface area (Å²) < 4.78 is 15.2. The van der Waals surface area contributed by atoms with Gasteiger partial charge in [-0.15, -0.1) is 5.10 Å². The molecule has 2 amide bonds. The molecule has 2 aliphatic heterocycles. The van der Waals surface area contributed by atoms with E-state index in [4.69, 9.17) is 0 Å². The smallest absolute Gasteiger partial charge is 0.228 e. The maximum atomic E-state index is 13.7. The number of fused-ring (bicyclic) bond motifs is 1. The molecule has 0 spiro atoms. The molecule has 4 aromatic rings. The fourth-order valence-corrected chi connectivity index (χ4v) is 4.88. The van der Waals surface area contributed by atoms with Gasteiger partial charge in [-0.1, -0.05) is 29.5 Å². The largest absolute Gasteiger partial charge is 0.351 e. The van der Waals surface area contributed by atoms with Crippen LogP contribution in [-0.4, -0.2) is 74.4 Å². The lowest BCUT2D eigenvalue weighted by Crippen LogP contribution is -2.51. The zero-order valence-electron chi connectivity index (χ0n) is 19.4. The number of halogens is 1. The third-order valence-corrected chi connectivity index (χ3v) is 6.70. The van der Waals surface area contributed by atoms with Gasteiger partial charge in [0.05, 0.1) is 11.6 Å². The molecule has 0 radical (unpaired) electrons. The quantitative estimate of drug-likeness (QED) is 0.435. The average molecular weight is 487 g/mol. The first kappa shape index (κ1) is 22.1. The number of amides is 2. The van der Waals surface area contributed by atoms with Crippen molar-refractivity contribution < 1.29 is 14.0 Å². The van der Waals surface area contributed by atoms with Crippen LogP contribution in [0.3, 0.4) is 0 Å². The molecule has 1 atom stereocenters. The summed E-state index contributed by atoms with van der Waals surface area (Å²) in [6, 6.07) is 15.5. The molecule has 11 heteroatoms. The Labute approximate surface area is 206 Å². The van der Waals surface area contributed by atoms with Gasteiger partial charge < -0.3 is 14.7 Å². The van der Waals surface area contributed by atoms with Gasteiger partial charge in [0, 0.05) is 44.8 Å². The molecular formula is C25H23FN8O2. The minimum absolute atomic E-state index is 0.00585. The number of aromatic nitrogens is 5. The highest BCUT2D eigenvalue weighted by Gasteiger charge is 2.38. The van der Waals surface area contributed by atoms with Gasteiger partial charge in [0.25, 0.3) is 0 Å². The first-order valence-electron chi connectivity index (χ1n) is 11.8. The van der Waals surface area contributed by atoms with E-state index in [1.807, 2.05) is 35.2 Å². The van der Waals surface area contributed by atoms with E-state index >= 15 is 0 Å². The molecule has 182 valence electrons. The van der Waals surface area contributed by atoms with Crippen molar-refractivity contribution in [3.8, 4) is 5.69 Å². The van der Waals surface area contributed by atoms with E-state index in [9.17, 15) is 14.0 Å². The third-order valence-electron chi connectivity index (χ3n) is 6.70. The summed E-state index contributed by atoms with van der Waals surface area (Å²) in [6.45, 7) is 2.55. The van der Waals surface area contributed by atoms with Crippen LogP contribution in [0.15, 0.2) is 60.9 Å². The van der Waals surface area contributed by atoms with E-state index in [0.717, 1.165) is 5.69 Å². The van der Waals surface area contributed by atoms with Crippen LogP contribution in [-0.2, 0) is 9.59 Å². The fraction of sp³-hybridized carbons (Fsp3) is 0.280. The van der Waals surface area contributed by atoms with Crippen molar-refractivity contribution in [3.63, 3.8) is 0 Å². The maximum Gasteiger partial charge on any atom is 0.228 e. The van der Waals surface area contributed by atoms with E-state index in [2.05, 4.69) is 25.2 Å². The number of para-hydroxylation sites is 1. The van der Waals surface area contributed by atoms with Crippen molar-refractivity contribution in [2.24, 2.45) is 5.92 Å². The van der Waals surface area contributed by atoms with Crippen LogP contribution in [0.25, 0.3) is 16.9 Å². The van der Waals surface area contributed by atoms with Gasteiger partial charge in [0.1, 0.15) is 12.1 Å². The van der Waals surface area contributed by atoms with Crippen LogP contribution in [0.2, 0.25) is 0 Å². The van der Waals surface area contributed by atoms with Gasteiger partial charge in [-0.25, -0.2) is 14.4 Å². The number of rotatable bonds is 4. The Morgan fingerprint density at radius 3 is 2.50 bits per heavy atom. The molecule has 10 nitrogen and oxygen atoms in total. The number of hydrogen-bond donors (Lipinski definition) is 0. The molecule has 36 heavy (non-hydrogen) atoms. The lowest BCUT2D eigenvalue weighted by Gasteiger charge is -2.36. The van der Waals surface area contributed by atoms with Crippen molar-refractivity contribution in [1.29, 1.82) is 0 Å². The molecule has 2 aliphatic rings. The van der Waals surface area contributed by atoms with Crippen molar-refractivity contribution in [1.82, 2.24) is 29.9 Å². The summed E-state index contributed by atoms with van der Waals surface area (Å²) >= 11 is 0. The highest BCUT2D eigenvalue weighted by atomic mass is 19.1. The Bertz CT molecular complexity index is 1430. The molecule has 2 saturated heterocycles. The number of carbonyl (C=O) groups is 2. The van der Waals surface area contributed by atoms with Crippen molar-refractivity contribution in [2.75, 3.05) is 42.5 Å². The lowest BCUT2D eigenvalue weighted by molar-refractivity contribution is -0.136. The number of anilines is 2. The van der Waals surface area contributed by atoms with Crippen LogP contribution in [0, 0.1) is 11.7 Å². The molecule has 0 N–H and O–H groups in total. The van der Waals surface area contributed by atoms with Gasteiger partial charge in [0.15, 0.2) is 17.0 Å². The van der Waals surface area contributed by atoms with Gasteiger partial charge in [0.2, 0.25) is 11.8 Å². The van der Waals surface area contributed by atoms with Crippen LogP contribution in [0.5, 0.6) is 0 Å². The molecule has 2 aromatic heterocycles. The second kappa shape index (κ2) is 8.99. The van der Waals surface area contributed by atoms with Gasteiger partial charge >= 0.3 is 0 Å². The topological polar surface area (TPSA) is 100 Å². The standard InChI is InChI=1S/C25H23FN8O2/c26-18-5-4-8-20(14-18)34-24-22(29-30-34)23(27-16-28-24)31-9-11-32(12-10-31)25(36)17-13-21(35)33(15-17)19-6-2-1-3-7-19/h1-8,14,16-17H,9-13,15H2/t17-/m1/s1. The van der Waals surface area contributed by atoms with E-state index in [1.165, 1.54) is 23.1 Å². The molecule has 6 rings (SSSR count). The Kier molecular flexibility index (Phi) is 5.51.